The zero-order chi connectivity index (χ0) is 11.6. The molecule has 3 nitrogen and oxygen atoms in total. The monoisotopic (exact) mass is 210 g/mol. The third-order valence-electron chi connectivity index (χ3n) is 2.45. The average molecular weight is 210 g/mol. The van der Waals surface area contributed by atoms with E-state index in [0.717, 1.165) is 5.56 Å². The van der Waals surface area contributed by atoms with Crippen LogP contribution in [-0.4, -0.2) is 17.3 Å². The molecule has 0 aliphatic carbocycles. The Morgan fingerprint density at radius 2 is 1.73 bits per heavy atom. The van der Waals surface area contributed by atoms with Crippen LogP contribution in [0.2, 0.25) is 0 Å². The molecular weight excluding hydrogens is 192 g/mol. The first-order valence-corrected chi connectivity index (χ1v) is 5.06. The van der Waals surface area contributed by atoms with Gasteiger partial charge in [-0.1, -0.05) is 13.8 Å². The van der Waals surface area contributed by atoms with Gasteiger partial charge in [-0.3, -0.25) is 0 Å². The van der Waals surface area contributed by atoms with Crippen LogP contribution in [0.4, 0.5) is 0 Å². The minimum Gasteiger partial charge on any atom is -0.508 e. The number of benzene rings is 1. The number of phenolic OH excluding ortho intramolecular Hbond substituents is 1. The van der Waals surface area contributed by atoms with Gasteiger partial charge in [0.05, 0.1) is 13.2 Å². The summed E-state index contributed by atoms with van der Waals surface area (Å²) in [5, 5.41) is 19.3. The number of hydrogen-bond donors (Lipinski definition) is 2. The van der Waals surface area contributed by atoms with E-state index in [9.17, 15) is 10.2 Å². The summed E-state index contributed by atoms with van der Waals surface area (Å²) in [4.78, 5) is 0. The topological polar surface area (TPSA) is 49.7 Å². The van der Waals surface area contributed by atoms with Crippen molar-refractivity contribution in [3.05, 3.63) is 23.3 Å². The molecule has 1 aromatic carbocycles. The van der Waals surface area contributed by atoms with Crippen molar-refractivity contribution in [1.82, 2.24) is 0 Å². The molecule has 1 unspecified atom stereocenters. The molecule has 1 rings (SSSR count). The van der Waals surface area contributed by atoms with Crippen molar-refractivity contribution < 1.29 is 14.9 Å². The largest absolute Gasteiger partial charge is 0.508 e. The van der Waals surface area contributed by atoms with E-state index in [2.05, 4.69) is 0 Å². The average Bonchev–Trinajstić information content (AvgIpc) is 2.16. The molecule has 0 aromatic heterocycles. The van der Waals surface area contributed by atoms with Crippen LogP contribution in [-0.2, 0) is 0 Å². The SMILES string of the molecule is COc1cc(C(C)C)c(O)cc1C(C)O. The van der Waals surface area contributed by atoms with Crippen LogP contribution in [0.5, 0.6) is 11.5 Å². The van der Waals surface area contributed by atoms with Crippen LogP contribution in [0, 0.1) is 0 Å². The first-order chi connectivity index (χ1) is 6.97. The molecule has 0 amide bonds. The molecule has 0 spiro atoms. The van der Waals surface area contributed by atoms with Crippen LogP contribution in [0.3, 0.4) is 0 Å². The lowest BCUT2D eigenvalue weighted by Crippen LogP contribution is -1.99. The first-order valence-electron chi connectivity index (χ1n) is 5.06. The van der Waals surface area contributed by atoms with Crippen LogP contribution in [0.15, 0.2) is 12.1 Å². The lowest BCUT2D eigenvalue weighted by molar-refractivity contribution is 0.193. The zero-order valence-corrected chi connectivity index (χ0v) is 9.61. The molecule has 0 aliphatic heterocycles. The third kappa shape index (κ3) is 2.42. The number of hydrogen-bond acceptors (Lipinski definition) is 3. The van der Waals surface area contributed by atoms with Crippen LogP contribution < -0.4 is 4.74 Å². The second-order valence-electron chi connectivity index (χ2n) is 3.98. The van der Waals surface area contributed by atoms with E-state index < -0.39 is 6.10 Å². The number of rotatable bonds is 3. The van der Waals surface area contributed by atoms with Crippen molar-refractivity contribution in [2.45, 2.75) is 32.8 Å². The molecule has 84 valence electrons. The zero-order valence-electron chi connectivity index (χ0n) is 9.61. The Hall–Kier alpha value is -1.22. The predicted molar refractivity (Wildman–Crippen MR) is 59.4 cm³/mol. The van der Waals surface area contributed by atoms with Crippen molar-refractivity contribution in [3.63, 3.8) is 0 Å². The molecule has 0 saturated carbocycles. The Kier molecular flexibility index (Phi) is 3.58. The molecule has 0 bridgehead atoms. The molecule has 0 saturated heterocycles. The maximum absolute atomic E-state index is 9.76. The number of phenols is 1. The van der Waals surface area contributed by atoms with Gasteiger partial charge in [-0.25, -0.2) is 0 Å². The second-order valence-corrected chi connectivity index (χ2v) is 3.98. The van der Waals surface area contributed by atoms with Crippen molar-refractivity contribution in [2.24, 2.45) is 0 Å². The Balaban J connectivity index is 3.29. The highest BCUT2D eigenvalue weighted by molar-refractivity contribution is 5.47. The van der Waals surface area contributed by atoms with Gasteiger partial charge >= 0.3 is 0 Å². The Bertz CT molecular complexity index is 343. The summed E-state index contributed by atoms with van der Waals surface area (Å²) in [7, 11) is 1.56. The predicted octanol–water partition coefficient (Wildman–Crippen LogP) is 2.58. The fourth-order valence-corrected chi connectivity index (χ4v) is 1.57. The van der Waals surface area contributed by atoms with Gasteiger partial charge in [0.25, 0.3) is 0 Å². The summed E-state index contributed by atoms with van der Waals surface area (Å²) >= 11 is 0. The maximum atomic E-state index is 9.76. The standard InChI is InChI=1S/C12H18O3/c1-7(2)9-6-12(15-4)10(8(3)13)5-11(9)14/h5-8,13-14H,1-4H3. The van der Waals surface area contributed by atoms with Gasteiger partial charge in [-0.15, -0.1) is 0 Å². The maximum Gasteiger partial charge on any atom is 0.125 e. The van der Waals surface area contributed by atoms with E-state index in [4.69, 9.17) is 4.74 Å². The van der Waals surface area contributed by atoms with Crippen LogP contribution in [0.1, 0.15) is 43.9 Å². The van der Waals surface area contributed by atoms with Gasteiger partial charge in [0.1, 0.15) is 11.5 Å². The van der Waals surface area contributed by atoms with Crippen LogP contribution in [0.25, 0.3) is 0 Å². The van der Waals surface area contributed by atoms with Crippen molar-refractivity contribution in [1.29, 1.82) is 0 Å². The fourth-order valence-electron chi connectivity index (χ4n) is 1.57. The molecule has 3 heteroatoms. The Morgan fingerprint density at radius 1 is 1.13 bits per heavy atom. The molecule has 0 fully saturated rings. The molecular formula is C12H18O3. The summed E-state index contributed by atoms with van der Waals surface area (Å²) in [6.07, 6.45) is -0.646. The first kappa shape index (κ1) is 11.9. The third-order valence-corrected chi connectivity index (χ3v) is 2.45. The number of aliphatic hydroxyl groups excluding tert-OH is 1. The van der Waals surface area contributed by atoms with Gasteiger partial charge in [0.2, 0.25) is 0 Å². The minimum absolute atomic E-state index is 0.210. The highest BCUT2D eigenvalue weighted by atomic mass is 16.5. The van der Waals surface area contributed by atoms with Crippen molar-refractivity contribution in [3.8, 4) is 11.5 Å². The van der Waals surface area contributed by atoms with E-state index in [1.54, 1.807) is 26.2 Å². The summed E-state index contributed by atoms with van der Waals surface area (Å²) in [5.74, 6) is 1.05. The molecule has 15 heavy (non-hydrogen) atoms. The normalized spacial score (nSPS) is 12.9. The molecule has 0 heterocycles. The van der Waals surface area contributed by atoms with Gasteiger partial charge in [-0.05, 0) is 25.0 Å². The Morgan fingerprint density at radius 3 is 2.13 bits per heavy atom. The van der Waals surface area contributed by atoms with Gasteiger partial charge in [-0.2, -0.15) is 0 Å². The molecule has 1 atom stereocenters. The summed E-state index contributed by atoms with van der Waals surface area (Å²) in [5.41, 5.74) is 1.44. The fraction of sp³-hybridized carbons (Fsp3) is 0.500. The quantitative estimate of drug-likeness (QED) is 0.806. The molecule has 0 radical (unpaired) electrons. The van der Waals surface area contributed by atoms with Crippen molar-refractivity contribution >= 4 is 0 Å². The van der Waals surface area contributed by atoms with Gasteiger partial charge < -0.3 is 14.9 Å². The summed E-state index contributed by atoms with van der Waals surface area (Å²) in [6.45, 7) is 5.64. The lowest BCUT2D eigenvalue weighted by atomic mass is 9.98. The molecule has 1 aromatic rings. The highest BCUT2D eigenvalue weighted by Crippen LogP contribution is 2.35. The molecule has 2 N–H and O–H groups in total. The van der Waals surface area contributed by atoms with E-state index in [0.29, 0.717) is 11.3 Å². The minimum atomic E-state index is -0.646. The lowest BCUT2D eigenvalue weighted by Gasteiger charge is -2.16. The number of aromatic hydroxyl groups is 1. The smallest absolute Gasteiger partial charge is 0.125 e. The summed E-state index contributed by atoms with van der Waals surface area (Å²) < 4.78 is 5.18. The summed E-state index contributed by atoms with van der Waals surface area (Å²) in [6, 6.07) is 3.35. The van der Waals surface area contributed by atoms with E-state index in [1.165, 1.54) is 0 Å². The van der Waals surface area contributed by atoms with Crippen LogP contribution >= 0.6 is 0 Å². The molecule has 0 aliphatic rings. The number of ether oxygens (including phenoxy) is 1. The van der Waals surface area contributed by atoms with E-state index in [-0.39, 0.29) is 11.7 Å². The van der Waals surface area contributed by atoms with Gasteiger partial charge in [0.15, 0.2) is 0 Å². The number of methoxy groups -OCH3 is 1. The van der Waals surface area contributed by atoms with E-state index >= 15 is 0 Å². The van der Waals surface area contributed by atoms with E-state index in [1.807, 2.05) is 13.8 Å². The second kappa shape index (κ2) is 4.53. The Labute approximate surface area is 90.3 Å². The van der Waals surface area contributed by atoms with Gasteiger partial charge in [0, 0.05) is 11.1 Å². The van der Waals surface area contributed by atoms with Crippen molar-refractivity contribution in [2.75, 3.05) is 7.11 Å². The highest BCUT2D eigenvalue weighted by Gasteiger charge is 2.15. The number of aliphatic hydroxyl groups is 1.